The average molecular weight is 203 g/mol. The molecule has 0 aliphatic carbocycles. The summed E-state index contributed by atoms with van der Waals surface area (Å²) in [6, 6.07) is 9.73. The van der Waals surface area contributed by atoms with Crippen LogP contribution in [0.4, 0.5) is 0 Å². The SMILES string of the molecule is N#Cc1cc[c]([Zn+])cc1.[Cl-]. The van der Waals surface area contributed by atoms with Crippen LogP contribution in [-0.2, 0) is 18.3 Å². The molecular formula is C7H4ClNZn. The first kappa shape index (κ1) is 9.62. The van der Waals surface area contributed by atoms with Crippen LogP contribution in [0.5, 0.6) is 0 Å². The minimum atomic E-state index is 0. The summed E-state index contributed by atoms with van der Waals surface area (Å²) in [5.74, 6) is 0. The summed E-state index contributed by atoms with van der Waals surface area (Å²) >= 11 is 1.16. The molecule has 1 aromatic rings. The monoisotopic (exact) mass is 201 g/mol. The van der Waals surface area contributed by atoms with E-state index in [1.54, 1.807) is 0 Å². The molecule has 46 valence electrons. The van der Waals surface area contributed by atoms with Crippen LogP contribution in [0.1, 0.15) is 5.56 Å². The van der Waals surface area contributed by atoms with E-state index in [1.165, 1.54) is 4.16 Å². The first-order chi connectivity index (χ1) is 4.33. The molecule has 0 fully saturated rings. The van der Waals surface area contributed by atoms with Crippen LogP contribution in [0, 0.1) is 11.3 Å². The standard InChI is InChI=1S/C7H4N.ClH.Zn/c8-6-7-4-2-1-3-5-7;;/h2-5H;1H;/q;;+1/p-1. The van der Waals surface area contributed by atoms with Crippen LogP contribution in [0.25, 0.3) is 0 Å². The van der Waals surface area contributed by atoms with Gasteiger partial charge in [0.05, 0.1) is 0 Å². The Kier molecular flexibility index (Phi) is 4.27. The maximum atomic E-state index is 8.39. The fourth-order valence-corrected chi connectivity index (χ4v) is 1.07. The van der Waals surface area contributed by atoms with Crippen molar-refractivity contribution in [3.05, 3.63) is 29.8 Å². The Balaban J connectivity index is 0.000000810. The smallest absolute Gasteiger partial charge is 1.00 e. The molecule has 0 aliphatic heterocycles. The predicted octanol–water partition coefficient (Wildman–Crippen LogP) is -2.27. The third kappa shape index (κ3) is 2.48. The van der Waals surface area contributed by atoms with Gasteiger partial charge in [-0.2, -0.15) is 0 Å². The Morgan fingerprint density at radius 1 is 1.20 bits per heavy atom. The zero-order chi connectivity index (χ0) is 6.69. The fraction of sp³-hybridized carbons (Fsp3) is 0. The minimum absolute atomic E-state index is 0. The van der Waals surface area contributed by atoms with E-state index in [2.05, 4.69) is 6.07 Å². The first-order valence-corrected chi connectivity index (χ1v) is 4.13. The molecule has 0 radical (unpaired) electrons. The van der Waals surface area contributed by atoms with Gasteiger partial charge in [-0.1, -0.05) is 0 Å². The molecule has 3 heteroatoms. The summed E-state index contributed by atoms with van der Waals surface area (Å²) in [4.78, 5) is 0. The summed E-state index contributed by atoms with van der Waals surface area (Å²) in [6.45, 7) is 0. The molecule has 0 saturated carbocycles. The van der Waals surface area contributed by atoms with Gasteiger partial charge in [0.15, 0.2) is 0 Å². The average Bonchev–Trinajstić information content (AvgIpc) is 1.90. The van der Waals surface area contributed by atoms with Gasteiger partial charge < -0.3 is 12.4 Å². The van der Waals surface area contributed by atoms with Crippen molar-refractivity contribution >= 4 is 4.16 Å². The first-order valence-electron chi connectivity index (χ1n) is 2.65. The van der Waals surface area contributed by atoms with E-state index >= 15 is 0 Å². The Hall–Kier alpha value is -0.377. The zero-order valence-electron chi connectivity index (χ0n) is 5.34. The number of hydrogen-bond acceptors (Lipinski definition) is 1. The largest absolute Gasteiger partial charge is 1.00 e. The van der Waals surface area contributed by atoms with E-state index in [0.29, 0.717) is 0 Å². The van der Waals surface area contributed by atoms with Crippen molar-refractivity contribution in [3.63, 3.8) is 0 Å². The van der Waals surface area contributed by atoms with Crippen LogP contribution in [-0.4, -0.2) is 0 Å². The van der Waals surface area contributed by atoms with E-state index in [0.717, 1.165) is 23.9 Å². The molecular weight excluding hydrogens is 199 g/mol. The van der Waals surface area contributed by atoms with E-state index in [4.69, 9.17) is 5.26 Å². The van der Waals surface area contributed by atoms with Gasteiger partial charge in [-0.05, 0) is 0 Å². The van der Waals surface area contributed by atoms with E-state index in [1.807, 2.05) is 24.3 Å². The van der Waals surface area contributed by atoms with Crippen LogP contribution in [0.3, 0.4) is 0 Å². The molecule has 0 amide bonds. The second-order valence-corrected chi connectivity index (χ2v) is 3.52. The molecule has 0 N–H and O–H groups in total. The van der Waals surface area contributed by atoms with Crippen LogP contribution in [0.2, 0.25) is 0 Å². The zero-order valence-corrected chi connectivity index (χ0v) is 9.06. The molecule has 0 aromatic heterocycles. The molecule has 0 saturated heterocycles. The van der Waals surface area contributed by atoms with Gasteiger partial charge in [-0.3, -0.25) is 0 Å². The fourth-order valence-electron chi connectivity index (χ4n) is 0.579. The van der Waals surface area contributed by atoms with Gasteiger partial charge >= 0.3 is 63.6 Å². The molecule has 0 atom stereocenters. The Bertz CT molecular complexity index is 237. The number of rotatable bonds is 0. The molecule has 0 aliphatic rings. The summed E-state index contributed by atoms with van der Waals surface area (Å²) < 4.78 is 1.31. The van der Waals surface area contributed by atoms with Gasteiger partial charge in [0.1, 0.15) is 0 Å². The quantitative estimate of drug-likeness (QED) is 0.436. The van der Waals surface area contributed by atoms with Crippen molar-refractivity contribution in [2.75, 3.05) is 0 Å². The van der Waals surface area contributed by atoms with Crippen molar-refractivity contribution in [2.24, 2.45) is 0 Å². The van der Waals surface area contributed by atoms with Crippen molar-refractivity contribution in [3.8, 4) is 6.07 Å². The van der Waals surface area contributed by atoms with Crippen molar-refractivity contribution in [1.29, 1.82) is 5.26 Å². The third-order valence-corrected chi connectivity index (χ3v) is 2.07. The molecule has 0 heterocycles. The third-order valence-electron chi connectivity index (χ3n) is 1.08. The van der Waals surface area contributed by atoms with Crippen molar-refractivity contribution < 1.29 is 30.7 Å². The predicted molar refractivity (Wildman–Crippen MR) is 30.8 cm³/mol. The second kappa shape index (κ2) is 4.44. The Labute approximate surface area is 76.1 Å². The molecule has 10 heavy (non-hydrogen) atoms. The van der Waals surface area contributed by atoms with Crippen molar-refractivity contribution in [2.45, 2.75) is 0 Å². The summed E-state index contributed by atoms with van der Waals surface area (Å²) in [5, 5.41) is 8.39. The number of halogens is 1. The number of benzene rings is 1. The Morgan fingerprint density at radius 2 is 1.70 bits per heavy atom. The van der Waals surface area contributed by atoms with E-state index < -0.39 is 0 Å². The van der Waals surface area contributed by atoms with Gasteiger partial charge in [-0.15, -0.1) is 0 Å². The van der Waals surface area contributed by atoms with Crippen LogP contribution >= 0.6 is 0 Å². The minimum Gasteiger partial charge on any atom is -1.00 e. The molecule has 0 bridgehead atoms. The summed E-state index contributed by atoms with van der Waals surface area (Å²) in [5.41, 5.74) is 0.743. The topological polar surface area (TPSA) is 23.8 Å². The second-order valence-electron chi connectivity index (χ2n) is 1.81. The summed E-state index contributed by atoms with van der Waals surface area (Å²) in [7, 11) is 0. The van der Waals surface area contributed by atoms with Crippen molar-refractivity contribution in [1.82, 2.24) is 0 Å². The number of hydrogen-bond donors (Lipinski definition) is 0. The molecule has 1 aromatic carbocycles. The van der Waals surface area contributed by atoms with Gasteiger partial charge in [0, 0.05) is 0 Å². The molecule has 1 nitrogen and oxygen atoms in total. The van der Waals surface area contributed by atoms with Crippen LogP contribution < -0.4 is 16.6 Å². The normalized spacial score (nSPS) is 7.70. The molecule has 0 spiro atoms. The number of nitriles is 1. The van der Waals surface area contributed by atoms with E-state index in [-0.39, 0.29) is 12.4 Å². The molecule has 0 unspecified atom stereocenters. The Morgan fingerprint density at radius 3 is 2.10 bits per heavy atom. The van der Waals surface area contributed by atoms with Gasteiger partial charge in [-0.25, -0.2) is 0 Å². The van der Waals surface area contributed by atoms with Gasteiger partial charge in [0.2, 0.25) is 0 Å². The van der Waals surface area contributed by atoms with E-state index in [9.17, 15) is 0 Å². The maximum absolute atomic E-state index is 8.39. The molecule has 1 rings (SSSR count). The van der Waals surface area contributed by atoms with Crippen LogP contribution in [0.15, 0.2) is 24.3 Å². The van der Waals surface area contributed by atoms with Gasteiger partial charge in [0.25, 0.3) is 0 Å². The number of nitrogens with zero attached hydrogens (tertiary/aromatic N) is 1. The maximum Gasteiger partial charge on any atom is -1.00 e. The summed E-state index contributed by atoms with van der Waals surface area (Å²) in [6.07, 6.45) is 0.